The lowest BCUT2D eigenvalue weighted by atomic mass is 9.89. The summed E-state index contributed by atoms with van der Waals surface area (Å²) in [6, 6.07) is 7.47. The Bertz CT molecular complexity index is 705. The Balaban J connectivity index is 0.00000156. The zero-order valence-electron chi connectivity index (χ0n) is 13.2. The number of carbonyl (C=O) groups excluding carboxylic acids is 1. The smallest absolute Gasteiger partial charge is 0.226 e. The fraction of sp³-hybridized carbons (Fsp3) is 0.529. The van der Waals surface area contributed by atoms with Gasteiger partial charge in [-0.25, -0.2) is 4.98 Å². The van der Waals surface area contributed by atoms with Gasteiger partial charge in [0.25, 0.3) is 0 Å². The van der Waals surface area contributed by atoms with Crippen molar-refractivity contribution in [2.75, 3.05) is 5.32 Å². The van der Waals surface area contributed by atoms with E-state index in [2.05, 4.69) is 34.7 Å². The molecule has 23 heavy (non-hydrogen) atoms. The highest BCUT2D eigenvalue weighted by Crippen LogP contribution is 2.33. The third kappa shape index (κ3) is 3.67. The third-order valence-corrected chi connectivity index (χ3v) is 5.77. The SMILES string of the molecule is Cc1ccc2nc(NC(=O)CC3CC4CCC(C3)N4)sc2c1.Cl. The van der Waals surface area contributed by atoms with Crippen LogP contribution in [0.3, 0.4) is 0 Å². The van der Waals surface area contributed by atoms with Gasteiger partial charge >= 0.3 is 0 Å². The van der Waals surface area contributed by atoms with Crippen LogP contribution in [0.15, 0.2) is 18.2 Å². The van der Waals surface area contributed by atoms with Crippen molar-refractivity contribution in [1.82, 2.24) is 10.3 Å². The normalized spacial score (nSPS) is 26.0. The van der Waals surface area contributed by atoms with Crippen molar-refractivity contribution in [3.05, 3.63) is 23.8 Å². The highest BCUT2D eigenvalue weighted by molar-refractivity contribution is 7.22. The number of nitrogens with one attached hydrogen (secondary N) is 2. The molecule has 2 N–H and O–H groups in total. The van der Waals surface area contributed by atoms with Crippen LogP contribution in [0.25, 0.3) is 10.2 Å². The van der Waals surface area contributed by atoms with Crippen molar-refractivity contribution in [3.63, 3.8) is 0 Å². The predicted octanol–water partition coefficient (Wildman–Crippen LogP) is 3.89. The first-order chi connectivity index (χ1) is 10.7. The summed E-state index contributed by atoms with van der Waals surface area (Å²) in [6.45, 7) is 2.07. The number of amides is 1. The molecule has 2 aliphatic rings. The van der Waals surface area contributed by atoms with E-state index in [0.29, 0.717) is 24.4 Å². The first-order valence-electron chi connectivity index (χ1n) is 8.09. The Labute approximate surface area is 146 Å². The van der Waals surface area contributed by atoms with Crippen LogP contribution in [-0.4, -0.2) is 23.0 Å². The Kier molecular flexibility index (Phi) is 4.90. The zero-order valence-corrected chi connectivity index (χ0v) is 14.8. The summed E-state index contributed by atoms with van der Waals surface area (Å²) in [5.74, 6) is 0.637. The molecular weight excluding hydrogens is 330 g/mol. The number of piperidine rings is 1. The molecule has 0 saturated carbocycles. The monoisotopic (exact) mass is 351 g/mol. The van der Waals surface area contributed by atoms with Gasteiger partial charge in [-0.15, -0.1) is 12.4 Å². The van der Waals surface area contributed by atoms with E-state index in [9.17, 15) is 4.79 Å². The number of hydrogen-bond acceptors (Lipinski definition) is 4. The van der Waals surface area contributed by atoms with Crippen LogP contribution in [0, 0.1) is 12.8 Å². The zero-order chi connectivity index (χ0) is 15.1. The number of halogens is 1. The fourth-order valence-electron chi connectivity index (χ4n) is 3.86. The standard InChI is InChI=1S/C17H21N3OS.ClH/c1-10-2-5-14-15(6-10)22-17(19-14)20-16(21)9-11-7-12-3-4-13(8-11)18-12;/h2,5-6,11-13,18H,3-4,7-9H2,1H3,(H,19,20,21);1H. The van der Waals surface area contributed by atoms with Crippen LogP contribution in [0.2, 0.25) is 0 Å². The average Bonchev–Trinajstić information content (AvgIpc) is 3.00. The van der Waals surface area contributed by atoms with Crippen molar-refractivity contribution in [1.29, 1.82) is 0 Å². The molecule has 4 rings (SSSR count). The Morgan fingerprint density at radius 2 is 2.09 bits per heavy atom. The van der Waals surface area contributed by atoms with E-state index in [-0.39, 0.29) is 18.3 Å². The van der Waals surface area contributed by atoms with Crippen molar-refractivity contribution in [3.8, 4) is 0 Å². The molecule has 0 radical (unpaired) electrons. The van der Waals surface area contributed by atoms with Crippen LogP contribution in [0.5, 0.6) is 0 Å². The van der Waals surface area contributed by atoms with Crippen LogP contribution in [-0.2, 0) is 4.79 Å². The minimum atomic E-state index is 0. The number of benzene rings is 1. The number of carbonyl (C=O) groups is 1. The van der Waals surface area contributed by atoms with Gasteiger partial charge in [0.05, 0.1) is 10.2 Å². The van der Waals surface area contributed by atoms with Gasteiger partial charge < -0.3 is 10.6 Å². The fourth-order valence-corrected chi connectivity index (χ4v) is 4.84. The van der Waals surface area contributed by atoms with Gasteiger partial charge in [-0.3, -0.25) is 4.79 Å². The molecule has 0 spiro atoms. The molecule has 2 unspecified atom stereocenters. The van der Waals surface area contributed by atoms with Gasteiger partial charge in [0, 0.05) is 18.5 Å². The van der Waals surface area contributed by atoms with Crippen LogP contribution < -0.4 is 10.6 Å². The number of anilines is 1. The molecule has 4 nitrogen and oxygen atoms in total. The van der Waals surface area contributed by atoms with Gasteiger partial charge in [-0.05, 0) is 56.2 Å². The molecular formula is C17H22ClN3OS. The molecule has 2 aromatic rings. The van der Waals surface area contributed by atoms with Gasteiger partial charge in [0.15, 0.2) is 5.13 Å². The summed E-state index contributed by atoms with van der Waals surface area (Å²) in [6.07, 6.45) is 5.47. The highest BCUT2D eigenvalue weighted by Gasteiger charge is 2.34. The molecule has 3 heterocycles. The van der Waals surface area contributed by atoms with Gasteiger partial charge in [0.1, 0.15) is 0 Å². The minimum absolute atomic E-state index is 0. The summed E-state index contributed by atoms with van der Waals surface area (Å²) in [5.41, 5.74) is 2.19. The maximum atomic E-state index is 12.3. The molecule has 2 aliphatic heterocycles. The van der Waals surface area contributed by atoms with Gasteiger partial charge in [0.2, 0.25) is 5.91 Å². The molecule has 1 amide bonds. The molecule has 2 saturated heterocycles. The van der Waals surface area contributed by atoms with E-state index in [0.717, 1.165) is 28.2 Å². The topological polar surface area (TPSA) is 54.0 Å². The van der Waals surface area contributed by atoms with E-state index in [1.807, 2.05) is 6.07 Å². The van der Waals surface area contributed by atoms with Crippen molar-refractivity contribution in [2.24, 2.45) is 5.92 Å². The second-order valence-corrected chi connectivity index (χ2v) is 7.75. The van der Waals surface area contributed by atoms with E-state index in [1.165, 1.54) is 18.4 Å². The van der Waals surface area contributed by atoms with Crippen molar-refractivity contribution >= 4 is 45.0 Å². The predicted molar refractivity (Wildman–Crippen MR) is 97.5 cm³/mol. The molecule has 2 bridgehead atoms. The lowest BCUT2D eigenvalue weighted by Crippen LogP contribution is -2.39. The summed E-state index contributed by atoms with van der Waals surface area (Å²) in [4.78, 5) is 16.8. The number of thiazole rings is 1. The van der Waals surface area contributed by atoms with Crippen molar-refractivity contribution in [2.45, 2.75) is 51.1 Å². The Morgan fingerprint density at radius 3 is 2.83 bits per heavy atom. The maximum absolute atomic E-state index is 12.3. The minimum Gasteiger partial charge on any atom is -0.311 e. The van der Waals surface area contributed by atoms with Crippen LogP contribution in [0.4, 0.5) is 5.13 Å². The number of nitrogens with zero attached hydrogens (tertiary/aromatic N) is 1. The highest BCUT2D eigenvalue weighted by atomic mass is 35.5. The average molecular weight is 352 g/mol. The van der Waals surface area contributed by atoms with E-state index < -0.39 is 0 Å². The summed E-state index contributed by atoms with van der Waals surface area (Å²) in [7, 11) is 0. The number of aryl methyl sites for hydroxylation is 1. The molecule has 124 valence electrons. The Morgan fingerprint density at radius 1 is 1.35 bits per heavy atom. The van der Waals surface area contributed by atoms with Crippen LogP contribution >= 0.6 is 23.7 Å². The number of rotatable bonds is 3. The van der Waals surface area contributed by atoms with E-state index >= 15 is 0 Å². The Hall–Kier alpha value is -1.17. The van der Waals surface area contributed by atoms with Gasteiger partial charge in [-0.1, -0.05) is 17.4 Å². The summed E-state index contributed by atoms with van der Waals surface area (Å²) < 4.78 is 1.13. The molecule has 2 atom stereocenters. The van der Waals surface area contributed by atoms with Crippen LogP contribution in [0.1, 0.15) is 37.7 Å². The third-order valence-electron chi connectivity index (χ3n) is 4.84. The number of aromatic nitrogens is 1. The van der Waals surface area contributed by atoms with E-state index in [4.69, 9.17) is 0 Å². The first kappa shape index (κ1) is 16.7. The van der Waals surface area contributed by atoms with E-state index in [1.54, 1.807) is 11.3 Å². The lowest BCUT2D eigenvalue weighted by Gasteiger charge is -2.28. The summed E-state index contributed by atoms with van der Waals surface area (Å²) in [5, 5.41) is 7.35. The molecule has 1 aromatic carbocycles. The second-order valence-electron chi connectivity index (χ2n) is 6.72. The molecule has 6 heteroatoms. The molecule has 2 fully saturated rings. The van der Waals surface area contributed by atoms with Gasteiger partial charge in [-0.2, -0.15) is 0 Å². The quantitative estimate of drug-likeness (QED) is 0.882. The molecule has 0 aliphatic carbocycles. The number of hydrogen-bond donors (Lipinski definition) is 2. The molecule has 1 aromatic heterocycles. The second kappa shape index (κ2) is 6.75. The lowest BCUT2D eigenvalue weighted by molar-refractivity contribution is -0.117. The van der Waals surface area contributed by atoms with Crippen molar-refractivity contribution < 1.29 is 4.79 Å². The largest absolute Gasteiger partial charge is 0.311 e. The first-order valence-corrected chi connectivity index (χ1v) is 8.90. The summed E-state index contributed by atoms with van der Waals surface area (Å²) >= 11 is 1.56. The maximum Gasteiger partial charge on any atom is 0.226 e. The number of fused-ring (bicyclic) bond motifs is 3.